The highest BCUT2D eigenvalue weighted by Gasteiger charge is 2.18. The highest BCUT2D eigenvalue weighted by molar-refractivity contribution is 5.73. The van der Waals surface area contributed by atoms with E-state index >= 15 is 0 Å². The Bertz CT molecular complexity index is 189. The maximum absolute atomic E-state index is 10.7. The molecule has 0 unspecified atom stereocenters. The van der Waals surface area contributed by atoms with Crippen molar-refractivity contribution in [2.75, 3.05) is 0 Å². The number of allylic oxidation sites excluding steroid dienone is 1. The third kappa shape index (κ3) is 2.66. The van der Waals surface area contributed by atoms with Crippen LogP contribution in [0, 0.1) is 0 Å². The number of aliphatic hydroxyl groups excluding tert-OH is 1. The molecular formula is C9H15NO2. The van der Waals surface area contributed by atoms with Gasteiger partial charge in [-0.05, 0) is 19.3 Å². The molecular weight excluding hydrogens is 154 g/mol. The average molecular weight is 169 g/mol. The van der Waals surface area contributed by atoms with Gasteiger partial charge >= 0.3 is 0 Å². The molecule has 68 valence electrons. The number of nitrogens with one attached hydrogen (secondary N) is 1. The summed E-state index contributed by atoms with van der Waals surface area (Å²) in [6.45, 7) is 1.47. The molecule has 1 rings (SSSR count). The fourth-order valence-corrected chi connectivity index (χ4v) is 1.41. The van der Waals surface area contributed by atoms with Crippen LogP contribution < -0.4 is 5.32 Å². The molecule has 1 aliphatic rings. The van der Waals surface area contributed by atoms with E-state index in [2.05, 4.69) is 5.32 Å². The van der Waals surface area contributed by atoms with E-state index in [0.29, 0.717) is 0 Å². The lowest BCUT2D eigenvalue weighted by Gasteiger charge is -2.19. The third-order valence-electron chi connectivity index (χ3n) is 2.02. The molecule has 0 saturated heterocycles. The molecule has 0 aliphatic heterocycles. The monoisotopic (exact) mass is 169 g/mol. The molecule has 1 aliphatic carbocycles. The van der Waals surface area contributed by atoms with Crippen molar-refractivity contribution in [1.82, 2.24) is 5.32 Å². The highest BCUT2D eigenvalue weighted by atomic mass is 16.3. The minimum atomic E-state index is -0.517. The molecule has 1 amide bonds. The van der Waals surface area contributed by atoms with Crippen LogP contribution in [0.3, 0.4) is 0 Å². The number of rotatable bonds is 1. The van der Waals surface area contributed by atoms with Crippen LogP contribution in [-0.2, 0) is 4.79 Å². The van der Waals surface area contributed by atoms with Gasteiger partial charge in [0.05, 0.1) is 12.1 Å². The Morgan fingerprint density at radius 2 is 2.42 bits per heavy atom. The zero-order chi connectivity index (χ0) is 8.97. The summed E-state index contributed by atoms with van der Waals surface area (Å²) in [5, 5.41) is 12.2. The van der Waals surface area contributed by atoms with Crippen LogP contribution in [0.25, 0.3) is 0 Å². The van der Waals surface area contributed by atoms with Crippen molar-refractivity contribution in [3.8, 4) is 0 Å². The van der Waals surface area contributed by atoms with Crippen molar-refractivity contribution in [3.05, 3.63) is 12.2 Å². The third-order valence-corrected chi connectivity index (χ3v) is 2.02. The number of aliphatic hydroxyl groups is 1. The molecule has 3 nitrogen and oxygen atoms in total. The van der Waals surface area contributed by atoms with Crippen LogP contribution in [0.15, 0.2) is 12.2 Å². The van der Waals surface area contributed by atoms with E-state index < -0.39 is 6.10 Å². The van der Waals surface area contributed by atoms with Gasteiger partial charge in [0, 0.05) is 6.92 Å². The fourth-order valence-electron chi connectivity index (χ4n) is 1.41. The molecule has 12 heavy (non-hydrogen) atoms. The first-order valence-electron chi connectivity index (χ1n) is 4.32. The predicted octanol–water partition coefficient (Wildman–Crippen LogP) is 0.592. The first-order chi connectivity index (χ1) is 5.70. The molecule has 0 aromatic rings. The van der Waals surface area contributed by atoms with Crippen LogP contribution >= 0.6 is 0 Å². The fraction of sp³-hybridized carbons (Fsp3) is 0.667. The lowest BCUT2D eigenvalue weighted by Crippen LogP contribution is -2.40. The van der Waals surface area contributed by atoms with Crippen molar-refractivity contribution >= 4 is 5.91 Å². The second kappa shape index (κ2) is 4.26. The zero-order valence-corrected chi connectivity index (χ0v) is 7.29. The van der Waals surface area contributed by atoms with Gasteiger partial charge in [-0.15, -0.1) is 0 Å². The molecule has 0 heterocycles. The van der Waals surface area contributed by atoms with Gasteiger partial charge in [-0.1, -0.05) is 12.2 Å². The van der Waals surface area contributed by atoms with Gasteiger partial charge in [0.15, 0.2) is 0 Å². The van der Waals surface area contributed by atoms with Crippen LogP contribution in [0.1, 0.15) is 26.2 Å². The molecule has 0 fully saturated rings. The Morgan fingerprint density at radius 3 is 3.08 bits per heavy atom. The summed E-state index contributed by atoms with van der Waals surface area (Å²) in [7, 11) is 0. The maximum Gasteiger partial charge on any atom is 0.217 e. The Balaban J connectivity index is 2.49. The van der Waals surface area contributed by atoms with Crippen LogP contribution in [0.2, 0.25) is 0 Å². The van der Waals surface area contributed by atoms with Gasteiger partial charge in [0.1, 0.15) is 0 Å². The molecule has 2 atom stereocenters. The number of carbonyl (C=O) groups excluding carboxylic acids is 1. The lowest BCUT2D eigenvalue weighted by atomic mass is 10.1. The summed E-state index contributed by atoms with van der Waals surface area (Å²) in [5.74, 6) is -0.0747. The van der Waals surface area contributed by atoms with Crippen molar-refractivity contribution in [3.63, 3.8) is 0 Å². The van der Waals surface area contributed by atoms with E-state index in [9.17, 15) is 9.90 Å². The van der Waals surface area contributed by atoms with Gasteiger partial charge in [-0.25, -0.2) is 0 Å². The Morgan fingerprint density at radius 1 is 1.67 bits per heavy atom. The quantitative estimate of drug-likeness (QED) is 0.564. The van der Waals surface area contributed by atoms with E-state index in [-0.39, 0.29) is 11.9 Å². The van der Waals surface area contributed by atoms with Crippen molar-refractivity contribution in [2.45, 2.75) is 38.3 Å². The van der Waals surface area contributed by atoms with E-state index in [0.717, 1.165) is 19.3 Å². The molecule has 0 saturated carbocycles. The average Bonchev–Trinajstić information content (AvgIpc) is 2.16. The molecule has 0 aromatic carbocycles. The maximum atomic E-state index is 10.7. The largest absolute Gasteiger partial charge is 0.387 e. The molecule has 2 N–H and O–H groups in total. The smallest absolute Gasteiger partial charge is 0.217 e. The van der Waals surface area contributed by atoms with Gasteiger partial charge in [-0.3, -0.25) is 4.79 Å². The summed E-state index contributed by atoms with van der Waals surface area (Å²) in [4.78, 5) is 10.7. The van der Waals surface area contributed by atoms with E-state index in [1.54, 1.807) is 6.08 Å². The Hall–Kier alpha value is -0.830. The Kier molecular flexibility index (Phi) is 3.29. The first kappa shape index (κ1) is 9.26. The number of carbonyl (C=O) groups is 1. The molecule has 0 spiro atoms. The predicted molar refractivity (Wildman–Crippen MR) is 46.6 cm³/mol. The second-order valence-corrected chi connectivity index (χ2v) is 3.16. The van der Waals surface area contributed by atoms with Crippen molar-refractivity contribution < 1.29 is 9.90 Å². The summed E-state index contributed by atoms with van der Waals surface area (Å²) < 4.78 is 0. The minimum Gasteiger partial charge on any atom is -0.387 e. The second-order valence-electron chi connectivity index (χ2n) is 3.16. The van der Waals surface area contributed by atoms with Crippen LogP contribution in [0.5, 0.6) is 0 Å². The number of hydrogen-bond acceptors (Lipinski definition) is 2. The SMILES string of the molecule is CC(=O)N[C@H]1CCCC=C[C@H]1O. The van der Waals surface area contributed by atoms with Crippen molar-refractivity contribution in [1.29, 1.82) is 0 Å². The summed E-state index contributed by atoms with van der Waals surface area (Å²) in [6, 6.07) is -0.0961. The number of amides is 1. The summed E-state index contributed by atoms with van der Waals surface area (Å²) in [6.07, 6.45) is 6.08. The lowest BCUT2D eigenvalue weighted by molar-refractivity contribution is -0.120. The zero-order valence-electron chi connectivity index (χ0n) is 7.29. The van der Waals surface area contributed by atoms with Crippen LogP contribution in [0.4, 0.5) is 0 Å². The Labute approximate surface area is 72.5 Å². The number of hydrogen-bond donors (Lipinski definition) is 2. The van der Waals surface area contributed by atoms with E-state index in [1.165, 1.54) is 6.92 Å². The summed E-state index contributed by atoms with van der Waals surface area (Å²) in [5.41, 5.74) is 0. The summed E-state index contributed by atoms with van der Waals surface area (Å²) >= 11 is 0. The normalized spacial score (nSPS) is 29.5. The topological polar surface area (TPSA) is 49.3 Å². The van der Waals surface area contributed by atoms with E-state index in [4.69, 9.17) is 0 Å². The van der Waals surface area contributed by atoms with Gasteiger partial charge in [0.2, 0.25) is 5.91 Å². The van der Waals surface area contributed by atoms with Gasteiger partial charge in [0.25, 0.3) is 0 Å². The standard InChI is InChI=1S/C9H15NO2/c1-7(11)10-8-5-3-2-4-6-9(8)12/h4,6,8-9,12H,2-3,5H2,1H3,(H,10,11)/t8-,9+/m0/s1. The molecule has 3 heteroatoms. The first-order valence-corrected chi connectivity index (χ1v) is 4.32. The molecule has 0 radical (unpaired) electrons. The van der Waals surface area contributed by atoms with E-state index in [1.807, 2.05) is 6.08 Å². The van der Waals surface area contributed by atoms with Crippen LogP contribution in [-0.4, -0.2) is 23.2 Å². The molecule has 0 bridgehead atoms. The minimum absolute atomic E-state index is 0.0747. The molecule has 0 aromatic heterocycles. The van der Waals surface area contributed by atoms with Gasteiger partial charge < -0.3 is 10.4 Å². The highest BCUT2D eigenvalue weighted by Crippen LogP contribution is 2.11. The van der Waals surface area contributed by atoms with Gasteiger partial charge in [-0.2, -0.15) is 0 Å². The van der Waals surface area contributed by atoms with Crippen molar-refractivity contribution in [2.24, 2.45) is 0 Å².